The summed E-state index contributed by atoms with van der Waals surface area (Å²) in [6.45, 7) is 2.92. The van der Waals surface area contributed by atoms with Crippen LogP contribution in [0.4, 0.5) is 0 Å². The van der Waals surface area contributed by atoms with Crippen molar-refractivity contribution in [3.63, 3.8) is 0 Å². The standard InChI is InChI=1S/C13H14ClNO/c1-2-3-8-16-11-5-6-12-10(9-11)4-7-13(14)15-12/h4-7,9H,2-3,8H2,1H3. The molecule has 0 aliphatic carbocycles. The van der Waals surface area contributed by atoms with Crippen LogP contribution in [-0.2, 0) is 0 Å². The molecule has 0 fully saturated rings. The first kappa shape index (κ1) is 11.2. The van der Waals surface area contributed by atoms with Gasteiger partial charge in [0.05, 0.1) is 12.1 Å². The van der Waals surface area contributed by atoms with Crippen molar-refractivity contribution in [3.8, 4) is 5.75 Å². The molecule has 0 N–H and O–H groups in total. The van der Waals surface area contributed by atoms with Crippen LogP contribution in [0.5, 0.6) is 5.75 Å². The highest BCUT2D eigenvalue weighted by Crippen LogP contribution is 2.21. The van der Waals surface area contributed by atoms with Crippen molar-refractivity contribution in [2.75, 3.05) is 6.61 Å². The van der Waals surface area contributed by atoms with Crippen molar-refractivity contribution in [2.24, 2.45) is 0 Å². The van der Waals surface area contributed by atoms with Gasteiger partial charge in [-0.25, -0.2) is 4.98 Å². The summed E-state index contributed by atoms with van der Waals surface area (Å²) in [5.74, 6) is 0.894. The van der Waals surface area contributed by atoms with Crippen LogP contribution in [0.3, 0.4) is 0 Å². The Kier molecular flexibility index (Phi) is 3.62. The molecule has 84 valence electrons. The van der Waals surface area contributed by atoms with Crippen molar-refractivity contribution < 1.29 is 4.74 Å². The normalized spacial score (nSPS) is 10.6. The highest BCUT2D eigenvalue weighted by molar-refractivity contribution is 6.29. The molecule has 1 aromatic heterocycles. The first-order chi connectivity index (χ1) is 7.79. The Labute approximate surface area is 100 Å². The Balaban J connectivity index is 2.20. The number of benzene rings is 1. The number of halogens is 1. The maximum atomic E-state index is 5.82. The van der Waals surface area contributed by atoms with E-state index in [4.69, 9.17) is 16.3 Å². The average Bonchev–Trinajstić information content (AvgIpc) is 2.29. The summed E-state index contributed by atoms with van der Waals surface area (Å²) >= 11 is 5.82. The monoisotopic (exact) mass is 235 g/mol. The molecule has 0 aliphatic rings. The Hall–Kier alpha value is -1.28. The molecule has 0 spiro atoms. The van der Waals surface area contributed by atoms with Crippen molar-refractivity contribution in [1.29, 1.82) is 0 Å². The van der Waals surface area contributed by atoms with Crippen molar-refractivity contribution in [2.45, 2.75) is 19.8 Å². The Bertz CT molecular complexity index is 484. The zero-order valence-corrected chi connectivity index (χ0v) is 10.00. The number of hydrogen-bond donors (Lipinski definition) is 0. The van der Waals surface area contributed by atoms with Gasteiger partial charge in [0.15, 0.2) is 0 Å². The summed E-state index contributed by atoms with van der Waals surface area (Å²) in [5.41, 5.74) is 0.898. The number of nitrogens with zero attached hydrogens (tertiary/aromatic N) is 1. The maximum absolute atomic E-state index is 5.82. The summed E-state index contributed by atoms with van der Waals surface area (Å²) < 4.78 is 5.62. The van der Waals surface area contributed by atoms with Gasteiger partial charge in [0, 0.05) is 5.39 Å². The predicted octanol–water partition coefficient (Wildman–Crippen LogP) is 4.07. The highest BCUT2D eigenvalue weighted by Gasteiger charge is 1.99. The molecule has 0 saturated carbocycles. The van der Waals surface area contributed by atoms with E-state index in [1.807, 2.05) is 24.3 Å². The number of aromatic nitrogens is 1. The van der Waals surface area contributed by atoms with E-state index in [1.54, 1.807) is 6.07 Å². The lowest BCUT2D eigenvalue weighted by molar-refractivity contribution is 0.310. The second-order valence-electron chi connectivity index (χ2n) is 3.69. The van der Waals surface area contributed by atoms with E-state index >= 15 is 0 Å². The largest absolute Gasteiger partial charge is 0.494 e. The number of rotatable bonds is 4. The van der Waals surface area contributed by atoms with Gasteiger partial charge in [0.2, 0.25) is 0 Å². The molecule has 16 heavy (non-hydrogen) atoms. The number of pyridine rings is 1. The van der Waals surface area contributed by atoms with E-state index in [1.165, 1.54) is 0 Å². The number of unbranched alkanes of at least 4 members (excludes halogenated alkanes) is 1. The third kappa shape index (κ3) is 2.64. The molecular weight excluding hydrogens is 222 g/mol. The third-order valence-corrected chi connectivity index (χ3v) is 2.60. The third-order valence-electron chi connectivity index (χ3n) is 2.39. The molecule has 0 atom stereocenters. The summed E-state index contributed by atoms with van der Waals surface area (Å²) in [5, 5.41) is 1.57. The molecule has 3 heteroatoms. The molecule has 0 saturated heterocycles. The predicted molar refractivity (Wildman–Crippen MR) is 67.2 cm³/mol. The van der Waals surface area contributed by atoms with Gasteiger partial charge in [-0.1, -0.05) is 24.9 Å². The van der Waals surface area contributed by atoms with E-state index in [0.717, 1.165) is 36.1 Å². The van der Waals surface area contributed by atoms with E-state index in [-0.39, 0.29) is 0 Å². The molecule has 0 amide bonds. The van der Waals surface area contributed by atoms with Gasteiger partial charge >= 0.3 is 0 Å². The fourth-order valence-electron chi connectivity index (χ4n) is 1.50. The van der Waals surface area contributed by atoms with Gasteiger partial charge < -0.3 is 4.74 Å². The van der Waals surface area contributed by atoms with Crippen molar-refractivity contribution in [3.05, 3.63) is 35.5 Å². The van der Waals surface area contributed by atoms with Crippen LogP contribution in [0.2, 0.25) is 5.15 Å². The quantitative estimate of drug-likeness (QED) is 0.589. The number of hydrogen-bond acceptors (Lipinski definition) is 2. The highest BCUT2D eigenvalue weighted by atomic mass is 35.5. The molecule has 2 nitrogen and oxygen atoms in total. The minimum absolute atomic E-state index is 0.521. The summed E-state index contributed by atoms with van der Waals surface area (Å²) in [6, 6.07) is 9.61. The Morgan fingerprint density at radius 2 is 2.12 bits per heavy atom. The summed E-state index contributed by atoms with van der Waals surface area (Å²) in [4.78, 5) is 4.22. The van der Waals surface area contributed by atoms with E-state index in [9.17, 15) is 0 Å². The lowest BCUT2D eigenvalue weighted by Gasteiger charge is -2.06. The molecule has 0 bridgehead atoms. The van der Waals surface area contributed by atoms with Crippen LogP contribution in [0, 0.1) is 0 Å². The molecule has 0 aliphatic heterocycles. The second-order valence-corrected chi connectivity index (χ2v) is 4.08. The first-order valence-corrected chi connectivity index (χ1v) is 5.86. The van der Waals surface area contributed by atoms with Crippen LogP contribution in [0.1, 0.15) is 19.8 Å². The molecule has 0 unspecified atom stereocenters. The van der Waals surface area contributed by atoms with Crippen LogP contribution in [0.25, 0.3) is 10.9 Å². The minimum atomic E-state index is 0.521. The maximum Gasteiger partial charge on any atom is 0.129 e. The van der Waals surface area contributed by atoms with Gasteiger partial charge in [-0.15, -0.1) is 0 Å². The average molecular weight is 236 g/mol. The van der Waals surface area contributed by atoms with E-state index in [0.29, 0.717) is 5.15 Å². The van der Waals surface area contributed by atoms with Crippen molar-refractivity contribution in [1.82, 2.24) is 4.98 Å². The van der Waals surface area contributed by atoms with Crippen LogP contribution >= 0.6 is 11.6 Å². The number of fused-ring (bicyclic) bond motifs is 1. The fraction of sp³-hybridized carbons (Fsp3) is 0.308. The van der Waals surface area contributed by atoms with Crippen LogP contribution < -0.4 is 4.74 Å². The fourth-order valence-corrected chi connectivity index (χ4v) is 1.66. The smallest absolute Gasteiger partial charge is 0.129 e. The molecule has 1 aromatic carbocycles. The van der Waals surface area contributed by atoms with Gasteiger partial charge in [-0.3, -0.25) is 0 Å². The lowest BCUT2D eigenvalue weighted by atomic mass is 10.2. The van der Waals surface area contributed by atoms with Gasteiger partial charge in [-0.05, 0) is 36.8 Å². The van der Waals surface area contributed by atoms with Gasteiger partial charge in [-0.2, -0.15) is 0 Å². The molecule has 2 rings (SSSR count). The molecule has 0 radical (unpaired) electrons. The van der Waals surface area contributed by atoms with Crippen LogP contribution in [-0.4, -0.2) is 11.6 Å². The van der Waals surface area contributed by atoms with Gasteiger partial charge in [0.1, 0.15) is 10.9 Å². The molecule has 2 aromatic rings. The SMILES string of the molecule is CCCCOc1ccc2nc(Cl)ccc2c1. The zero-order valence-electron chi connectivity index (χ0n) is 9.24. The topological polar surface area (TPSA) is 22.1 Å². The zero-order chi connectivity index (χ0) is 11.4. The van der Waals surface area contributed by atoms with E-state index in [2.05, 4.69) is 11.9 Å². The van der Waals surface area contributed by atoms with Crippen LogP contribution in [0.15, 0.2) is 30.3 Å². The van der Waals surface area contributed by atoms with Crippen molar-refractivity contribution >= 4 is 22.5 Å². The summed E-state index contributed by atoms with van der Waals surface area (Å²) in [6.07, 6.45) is 2.22. The van der Waals surface area contributed by atoms with E-state index < -0.39 is 0 Å². The molecule has 1 heterocycles. The minimum Gasteiger partial charge on any atom is -0.494 e. The Morgan fingerprint density at radius 1 is 1.25 bits per heavy atom. The number of ether oxygens (including phenoxy) is 1. The first-order valence-electron chi connectivity index (χ1n) is 5.48. The molecular formula is C13H14ClNO. The summed E-state index contributed by atoms with van der Waals surface area (Å²) in [7, 11) is 0. The van der Waals surface area contributed by atoms with Gasteiger partial charge in [0.25, 0.3) is 0 Å². The Morgan fingerprint density at radius 3 is 2.94 bits per heavy atom. The lowest BCUT2D eigenvalue weighted by Crippen LogP contribution is -1.96. The second kappa shape index (κ2) is 5.17.